The number of carbonyl (C=O) groups is 1. The molecule has 0 bridgehead atoms. The average molecular weight is 370 g/mol. The molecule has 0 aliphatic rings. The first-order valence-electron chi connectivity index (χ1n) is 6.64. The first-order chi connectivity index (χ1) is 8.58. The van der Waals surface area contributed by atoms with Gasteiger partial charge < -0.3 is 0 Å². The third kappa shape index (κ3) is 6.32. The SMILES string of the molecule is CC(C)(C)OC(=O)CNc1cc[c]([Sn]([CH3])([CH3])[CH3])cc1. The molecule has 0 aliphatic carbocycles. The zero-order valence-corrected chi connectivity index (χ0v) is 15.7. The van der Waals surface area contributed by atoms with Gasteiger partial charge in [0.05, 0.1) is 0 Å². The molecular formula is C15H25NO2Sn. The van der Waals surface area contributed by atoms with E-state index in [1.807, 2.05) is 32.9 Å². The number of anilines is 1. The second kappa shape index (κ2) is 6.16. The number of carbonyl (C=O) groups excluding carboxylic acids is 1. The van der Waals surface area contributed by atoms with Crippen LogP contribution in [0.1, 0.15) is 20.8 Å². The summed E-state index contributed by atoms with van der Waals surface area (Å²) < 4.78 is 6.73. The molecule has 0 saturated carbocycles. The Morgan fingerprint density at radius 2 is 1.68 bits per heavy atom. The van der Waals surface area contributed by atoms with E-state index in [9.17, 15) is 4.79 Å². The number of rotatable bonds is 4. The predicted molar refractivity (Wildman–Crippen MR) is 83.8 cm³/mol. The summed E-state index contributed by atoms with van der Waals surface area (Å²) in [6.07, 6.45) is 0. The maximum absolute atomic E-state index is 11.6. The van der Waals surface area contributed by atoms with Crippen LogP contribution in [0.4, 0.5) is 5.69 Å². The molecule has 0 amide bonds. The van der Waals surface area contributed by atoms with Crippen LogP contribution in [0.25, 0.3) is 0 Å². The second-order valence-electron chi connectivity index (χ2n) is 6.77. The van der Waals surface area contributed by atoms with E-state index < -0.39 is 24.0 Å². The zero-order chi connectivity index (χ0) is 14.7. The molecule has 0 atom stereocenters. The van der Waals surface area contributed by atoms with E-state index in [-0.39, 0.29) is 12.5 Å². The molecule has 0 aromatic heterocycles. The normalized spacial score (nSPS) is 12.1. The van der Waals surface area contributed by atoms with E-state index in [0.717, 1.165) is 5.69 Å². The van der Waals surface area contributed by atoms with Crippen LogP contribution in [0.15, 0.2) is 24.3 Å². The van der Waals surface area contributed by atoms with Gasteiger partial charge in [0.25, 0.3) is 0 Å². The molecule has 1 N–H and O–H groups in total. The van der Waals surface area contributed by atoms with Gasteiger partial charge in [0.1, 0.15) is 0 Å². The molecule has 0 saturated heterocycles. The van der Waals surface area contributed by atoms with Crippen LogP contribution >= 0.6 is 0 Å². The van der Waals surface area contributed by atoms with Gasteiger partial charge in [-0.25, -0.2) is 0 Å². The fourth-order valence-electron chi connectivity index (χ4n) is 1.64. The number of ether oxygens (including phenoxy) is 1. The van der Waals surface area contributed by atoms with Crippen LogP contribution in [0.5, 0.6) is 0 Å². The molecule has 4 heteroatoms. The molecular weight excluding hydrogens is 345 g/mol. The first-order valence-corrected chi connectivity index (χ1v) is 16.6. The van der Waals surface area contributed by atoms with Crippen molar-refractivity contribution in [2.75, 3.05) is 11.9 Å². The van der Waals surface area contributed by atoms with Gasteiger partial charge in [-0.2, -0.15) is 0 Å². The van der Waals surface area contributed by atoms with Crippen molar-refractivity contribution in [2.24, 2.45) is 0 Å². The third-order valence-corrected chi connectivity index (χ3v) is 8.50. The first kappa shape index (κ1) is 16.3. The van der Waals surface area contributed by atoms with Crippen molar-refractivity contribution in [1.29, 1.82) is 0 Å². The van der Waals surface area contributed by atoms with Crippen molar-refractivity contribution in [1.82, 2.24) is 0 Å². The van der Waals surface area contributed by atoms with E-state index in [4.69, 9.17) is 4.74 Å². The fourth-order valence-corrected chi connectivity index (χ4v) is 4.97. The van der Waals surface area contributed by atoms with Crippen molar-refractivity contribution < 1.29 is 9.53 Å². The van der Waals surface area contributed by atoms with Gasteiger partial charge in [0.15, 0.2) is 0 Å². The summed E-state index contributed by atoms with van der Waals surface area (Å²) in [7, 11) is 0. The summed E-state index contributed by atoms with van der Waals surface area (Å²) in [6, 6.07) is 8.44. The third-order valence-electron chi connectivity index (χ3n) is 2.61. The fraction of sp³-hybridized carbons (Fsp3) is 0.533. The average Bonchev–Trinajstić information content (AvgIpc) is 2.23. The molecule has 0 fully saturated rings. The summed E-state index contributed by atoms with van der Waals surface area (Å²) in [5.74, 6) is -0.230. The minimum atomic E-state index is -1.97. The zero-order valence-electron chi connectivity index (χ0n) is 12.8. The summed E-state index contributed by atoms with van der Waals surface area (Å²) in [5.41, 5.74) is 0.536. The Morgan fingerprint density at radius 1 is 1.16 bits per heavy atom. The molecule has 19 heavy (non-hydrogen) atoms. The maximum atomic E-state index is 11.6. The van der Waals surface area contributed by atoms with E-state index in [2.05, 4.69) is 32.3 Å². The molecule has 1 aromatic carbocycles. The van der Waals surface area contributed by atoms with Gasteiger partial charge in [-0.15, -0.1) is 0 Å². The van der Waals surface area contributed by atoms with Gasteiger partial charge in [-0.3, -0.25) is 0 Å². The van der Waals surface area contributed by atoms with Gasteiger partial charge >= 0.3 is 120 Å². The van der Waals surface area contributed by atoms with Gasteiger partial charge in [0, 0.05) is 0 Å². The van der Waals surface area contributed by atoms with Crippen molar-refractivity contribution in [2.45, 2.75) is 41.2 Å². The van der Waals surface area contributed by atoms with E-state index in [1.54, 1.807) is 0 Å². The summed E-state index contributed by atoms with van der Waals surface area (Å²) >= 11 is -1.97. The second-order valence-corrected chi connectivity index (χ2v) is 21.3. The monoisotopic (exact) mass is 371 g/mol. The van der Waals surface area contributed by atoms with Crippen molar-refractivity contribution >= 4 is 33.6 Å². The number of esters is 1. The number of nitrogens with one attached hydrogen (secondary N) is 1. The molecule has 0 aliphatic heterocycles. The standard InChI is InChI=1S/C12H16NO2.3CH3.Sn/c1-12(2,3)15-11(14)9-13-10-7-5-4-6-8-10;;;;/h5-8,13H,9H2,1-3H3;3*1H3;. The number of benzene rings is 1. The van der Waals surface area contributed by atoms with Crippen LogP contribution in [0.2, 0.25) is 14.8 Å². The molecule has 3 nitrogen and oxygen atoms in total. The molecule has 0 unspecified atom stereocenters. The minimum absolute atomic E-state index is 0.204. The van der Waals surface area contributed by atoms with Gasteiger partial charge in [-0.05, 0) is 0 Å². The van der Waals surface area contributed by atoms with Gasteiger partial charge in [-0.1, -0.05) is 0 Å². The van der Waals surface area contributed by atoms with Crippen molar-refractivity contribution in [3.05, 3.63) is 24.3 Å². The van der Waals surface area contributed by atoms with Crippen molar-refractivity contribution in [3.8, 4) is 0 Å². The van der Waals surface area contributed by atoms with E-state index >= 15 is 0 Å². The molecule has 0 heterocycles. The Labute approximate surface area is 120 Å². The Hall–Kier alpha value is -0.711. The quantitative estimate of drug-likeness (QED) is 0.654. The summed E-state index contributed by atoms with van der Waals surface area (Å²) in [6.45, 7) is 5.82. The predicted octanol–water partition coefficient (Wildman–Crippen LogP) is 2.99. The Kier molecular flexibility index (Phi) is 5.30. The Morgan fingerprint density at radius 3 is 2.11 bits per heavy atom. The summed E-state index contributed by atoms with van der Waals surface area (Å²) in [5, 5.41) is 3.09. The molecule has 1 rings (SSSR count). The van der Waals surface area contributed by atoms with Crippen LogP contribution in [0.3, 0.4) is 0 Å². The molecule has 1 aromatic rings. The Balaban J connectivity index is 2.53. The molecule has 0 spiro atoms. The van der Waals surface area contributed by atoms with Crippen LogP contribution in [-0.4, -0.2) is 36.5 Å². The van der Waals surface area contributed by atoms with Gasteiger partial charge in [0.2, 0.25) is 0 Å². The van der Waals surface area contributed by atoms with Crippen LogP contribution in [-0.2, 0) is 9.53 Å². The Bertz CT molecular complexity index is 427. The summed E-state index contributed by atoms with van der Waals surface area (Å²) in [4.78, 5) is 18.7. The van der Waals surface area contributed by atoms with Crippen LogP contribution in [0, 0.1) is 0 Å². The number of hydrogen-bond donors (Lipinski definition) is 1. The topological polar surface area (TPSA) is 38.3 Å². The van der Waals surface area contributed by atoms with Crippen LogP contribution < -0.4 is 8.90 Å². The molecule has 0 radical (unpaired) electrons. The number of hydrogen-bond acceptors (Lipinski definition) is 3. The van der Waals surface area contributed by atoms with Crippen molar-refractivity contribution in [3.63, 3.8) is 0 Å². The van der Waals surface area contributed by atoms with E-state index in [1.165, 1.54) is 3.58 Å². The molecule has 106 valence electrons. The van der Waals surface area contributed by atoms with E-state index in [0.29, 0.717) is 0 Å².